The van der Waals surface area contributed by atoms with Crippen molar-refractivity contribution in [2.24, 2.45) is 0 Å². The number of rotatable bonds is 6. The summed E-state index contributed by atoms with van der Waals surface area (Å²) in [5.41, 5.74) is 5.31. The number of carbonyl (C=O) groups is 1. The second-order valence-electron chi connectivity index (χ2n) is 7.65. The van der Waals surface area contributed by atoms with Gasteiger partial charge < -0.3 is 14.1 Å². The molecule has 156 valence electrons. The molecule has 1 aliphatic rings. The van der Waals surface area contributed by atoms with Gasteiger partial charge in [0.15, 0.2) is 0 Å². The van der Waals surface area contributed by atoms with Gasteiger partial charge in [-0.3, -0.25) is 9.89 Å². The number of amides is 1. The fourth-order valence-electron chi connectivity index (χ4n) is 4.15. The van der Waals surface area contributed by atoms with Crippen LogP contribution < -0.4 is 4.74 Å². The predicted octanol–water partition coefficient (Wildman–Crippen LogP) is 5.12. The van der Waals surface area contributed by atoms with Gasteiger partial charge in [0.25, 0.3) is 5.91 Å². The highest BCUT2D eigenvalue weighted by Crippen LogP contribution is 2.44. The van der Waals surface area contributed by atoms with Crippen LogP contribution >= 0.6 is 0 Å². The topological polar surface area (TPSA) is 71.4 Å². The molecule has 3 heterocycles. The first-order valence-corrected chi connectivity index (χ1v) is 10.4. The van der Waals surface area contributed by atoms with Crippen molar-refractivity contribution in [1.29, 1.82) is 0 Å². The molecule has 31 heavy (non-hydrogen) atoms. The number of H-pyrrole nitrogens is 1. The summed E-state index contributed by atoms with van der Waals surface area (Å²) in [4.78, 5) is 15.2. The van der Waals surface area contributed by atoms with E-state index in [1.165, 1.54) is 5.56 Å². The Kier molecular flexibility index (Phi) is 4.82. The quantitative estimate of drug-likeness (QED) is 0.476. The van der Waals surface area contributed by atoms with E-state index in [9.17, 15) is 4.79 Å². The van der Waals surface area contributed by atoms with Gasteiger partial charge in [-0.2, -0.15) is 5.10 Å². The number of aryl methyl sites for hydroxylation is 1. The molecule has 1 amide bonds. The molecule has 0 spiro atoms. The number of furan rings is 1. The SMILES string of the molecule is CCOc1cccc(C2c3c(-c4ccc(C)cc4)n[nH]c3C(=O)N2Cc2ccco2)c1. The molecule has 6 heteroatoms. The Morgan fingerprint density at radius 2 is 1.97 bits per heavy atom. The Morgan fingerprint density at radius 3 is 2.71 bits per heavy atom. The van der Waals surface area contributed by atoms with E-state index in [4.69, 9.17) is 9.15 Å². The second-order valence-corrected chi connectivity index (χ2v) is 7.65. The van der Waals surface area contributed by atoms with E-state index in [2.05, 4.69) is 29.3 Å². The highest BCUT2D eigenvalue weighted by molar-refractivity contribution is 6.00. The molecule has 1 unspecified atom stereocenters. The maximum atomic E-state index is 13.4. The number of ether oxygens (including phenoxy) is 1. The van der Waals surface area contributed by atoms with Gasteiger partial charge in [-0.15, -0.1) is 0 Å². The van der Waals surface area contributed by atoms with Crippen LogP contribution in [0.3, 0.4) is 0 Å². The molecular weight excluding hydrogens is 390 g/mol. The van der Waals surface area contributed by atoms with Crippen molar-refractivity contribution >= 4 is 5.91 Å². The van der Waals surface area contributed by atoms with Crippen molar-refractivity contribution in [3.05, 3.63) is 95.1 Å². The maximum absolute atomic E-state index is 13.4. The van der Waals surface area contributed by atoms with Gasteiger partial charge in [0.05, 0.1) is 31.2 Å². The van der Waals surface area contributed by atoms with Crippen molar-refractivity contribution in [2.75, 3.05) is 6.61 Å². The lowest BCUT2D eigenvalue weighted by Gasteiger charge is -2.26. The van der Waals surface area contributed by atoms with E-state index in [-0.39, 0.29) is 11.9 Å². The van der Waals surface area contributed by atoms with Crippen molar-refractivity contribution < 1.29 is 13.9 Å². The third-order valence-electron chi connectivity index (χ3n) is 5.58. The summed E-state index contributed by atoms with van der Waals surface area (Å²) in [7, 11) is 0. The summed E-state index contributed by atoms with van der Waals surface area (Å²) in [5.74, 6) is 1.41. The molecule has 0 saturated carbocycles. The number of benzene rings is 2. The number of nitrogens with one attached hydrogen (secondary N) is 1. The average Bonchev–Trinajstić information content (AvgIpc) is 3.49. The molecule has 1 aliphatic heterocycles. The van der Waals surface area contributed by atoms with Gasteiger partial charge in [-0.05, 0) is 43.7 Å². The smallest absolute Gasteiger partial charge is 0.273 e. The van der Waals surface area contributed by atoms with Crippen LogP contribution in [0.2, 0.25) is 0 Å². The van der Waals surface area contributed by atoms with E-state index >= 15 is 0 Å². The Hall–Kier alpha value is -3.80. The van der Waals surface area contributed by atoms with Crippen molar-refractivity contribution in [2.45, 2.75) is 26.4 Å². The monoisotopic (exact) mass is 413 g/mol. The van der Waals surface area contributed by atoms with Crippen LogP contribution in [0.5, 0.6) is 5.75 Å². The van der Waals surface area contributed by atoms with E-state index < -0.39 is 0 Å². The standard InChI is InChI=1S/C25H23N3O3/c1-3-30-19-7-4-6-18(14-19)24-21-22(17-11-9-16(2)10-12-17)26-27-23(21)25(29)28(24)15-20-8-5-13-31-20/h4-14,24H,3,15H2,1-2H3,(H,26,27). The van der Waals surface area contributed by atoms with Gasteiger partial charge >= 0.3 is 0 Å². The summed E-state index contributed by atoms with van der Waals surface area (Å²) in [6, 6.07) is 19.5. The fourth-order valence-corrected chi connectivity index (χ4v) is 4.15. The third-order valence-corrected chi connectivity index (χ3v) is 5.58. The number of hydrogen-bond donors (Lipinski definition) is 1. The van der Waals surface area contributed by atoms with Crippen LogP contribution in [0, 0.1) is 6.92 Å². The molecule has 2 aromatic carbocycles. The lowest BCUT2D eigenvalue weighted by Crippen LogP contribution is -2.29. The summed E-state index contributed by atoms with van der Waals surface area (Å²) in [6.07, 6.45) is 1.62. The number of nitrogens with zero attached hydrogens (tertiary/aromatic N) is 2. The normalized spacial score (nSPS) is 15.4. The molecule has 1 N–H and O–H groups in total. The summed E-state index contributed by atoms with van der Waals surface area (Å²) >= 11 is 0. The van der Waals surface area contributed by atoms with Gasteiger partial charge in [0.1, 0.15) is 17.2 Å². The van der Waals surface area contributed by atoms with Gasteiger partial charge in [0, 0.05) is 11.1 Å². The first kappa shape index (κ1) is 19.2. The van der Waals surface area contributed by atoms with Crippen LogP contribution in [0.15, 0.2) is 71.3 Å². The molecule has 5 rings (SSSR count). The molecular formula is C25H23N3O3. The molecule has 0 radical (unpaired) electrons. The summed E-state index contributed by atoms with van der Waals surface area (Å²) < 4.78 is 11.3. The molecule has 2 aromatic heterocycles. The highest BCUT2D eigenvalue weighted by Gasteiger charge is 2.42. The Morgan fingerprint density at radius 1 is 1.13 bits per heavy atom. The zero-order chi connectivity index (χ0) is 21.4. The first-order valence-electron chi connectivity index (χ1n) is 10.4. The minimum Gasteiger partial charge on any atom is -0.494 e. The fraction of sp³-hybridized carbons (Fsp3) is 0.200. The number of fused-ring (bicyclic) bond motifs is 1. The zero-order valence-electron chi connectivity index (χ0n) is 17.5. The number of aromatic amines is 1. The molecule has 1 atom stereocenters. The van der Waals surface area contributed by atoms with Crippen molar-refractivity contribution in [1.82, 2.24) is 15.1 Å². The van der Waals surface area contributed by atoms with Gasteiger partial charge in [0.2, 0.25) is 0 Å². The minimum atomic E-state index is -0.303. The van der Waals surface area contributed by atoms with E-state index in [1.54, 1.807) is 6.26 Å². The summed E-state index contributed by atoms with van der Waals surface area (Å²) in [5, 5.41) is 7.52. The van der Waals surface area contributed by atoms with Crippen molar-refractivity contribution in [3.63, 3.8) is 0 Å². The Balaban J connectivity index is 1.65. The van der Waals surface area contributed by atoms with Crippen LogP contribution in [-0.4, -0.2) is 27.6 Å². The number of carbonyl (C=O) groups excluding carboxylic acids is 1. The number of hydrogen-bond acceptors (Lipinski definition) is 4. The molecule has 0 bridgehead atoms. The predicted molar refractivity (Wildman–Crippen MR) is 117 cm³/mol. The number of aromatic nitrogens is 2. The van der Waals surface area contributed by atoms with Crippen molar-refractivity contribution in [3.8, 4) is 17.0 Å². The molecule has 0 fully saturated rings. The Labute approximate surface area is 180 Å². The average molecular weight is 413 g/mol. The zero-order valence-corrected chi connectivity index (χ0v) is 17.5. The van der Waals surface area contributed by atoms with Gasteiger partial charge in [-0.1, -0.05) is 42.0 Å². The minimum absolute atomic E-state index is 0.0934. The van der Waals surface area contributed by atoms with Gasteiger partial charge in [-0.25, -0.2) is 0 Å². The molecule has 4 aromatic rings. The van der Waals surface area contributed by atoms with Crippen LogP contribution in [0.4, 0.5) is 0 Å². The lowest BCUT2D eigenvalue weighted by atomic mass is 9.95. The molecule has 0 aliphatic carbocycles. The Bertz CT molecular complexity index is 1210. The summed E-state index contributed by atoms with van der Waals surface area (Å²) in [6.45, 7) is 4.95. The first-order chi connectivity index (χ1) is 15.2. The van der Waals surface area contributed by atoms with E-state index in [1.807, 2.05) is 60.4 Å². The molecule has 0 saturated heterocycles. The van der Waals surface area contributed by atoms with E-state index in [0.717, 1.165) is 33.9 Å². The van der Waals surface area contributed by atoms with Crippen LogP contribution in [-0.2, 0) is 6.54 Å². The highest BCUT2D eigenvalue weighted by atomic mass is 16.5. The lowest BCUT2D eigenvalue weighted by molar-refractivity contribution is 0.0716. The largest absolute Gasteiger partial charge is 0.494 e. The maximum Gasteiger partial charge on any atom is 0.273 e. The third kappa shape index (κ3) is 3.40. The second kappa shape index (κ2) is 7.80. The molecule has 6 nitrogen and oxygen atoms in total. The van der Waals surface area contributed by atoms with Crippen LogP contribution in [0.25, 0.3) is 11.3 Å². The van der Waals surface area contributed by atoms with Crippen LogP contribution in [0.1, 0.15) is 45.9 Å². The van der Waals surface area contributed by atoms with E-state index in [0.29, 0.717) is 18.8 Å².